The molecule has 0 amide bonds. The van der Waals surface area contributed by atoms with Crippen LogP contribution in [-0.4, -0.2) is 14.8 Å². The lowest BCUT2D eigenvalue weighted by Gasteiger charge is -2.06. The Hall–Kier alpha value is -2.62. The maximum absolute atomic E-state index is 5.78. The monoisotopic (exact) mass is 251 g/mol. The summed E-state index contributed by atoms with van der Waals surface area (Å²) in [5.41, 5.74) is 0.939. The van der Waals surface area contributed by atoms with E-state index in [1.807, 2.05) is 61.6 Å². The molecule has 0 radical (unpaired) electrons. The summed E-state index contributed by atoms with van der Waals surface area (Å²) in [4.78, 5) is 4.23. The summed E-state index contributed by atoms with van der Waals surface area (Å²) in [5.74, 6) is 2.28. The lowest BCUT2D eigenvalue weighted by Crippen LogP contribution is -1.89. The summed E-state index contributed by atoms with van der Waals surface area (Å²) in [5, 5.41) is 4.28. The van der Waals surface area contributed by atoms with Crippen LogP contribution in [0.4, 0.5) is 0 Å². The second-order valence-corrected chi connectivity index (χ2v) is 4.18. The Balaban J connectivity index is 1.88. The third-order valence-corrected chi connectivity index (χ3v) is 2.67. The fourth-order valence-electron chi connectivity index (χ4n) is 1.79. The molecule has 0 fully saturated rings. The average Bonchev–Trinajstić information content (AvgIpc) is 2.87. The van der Waals surface area contributed by atoms with Crippen molar-refractivity contribution in [2.24, 2.45) is 7.05 Å². The fourth-order valence-corrected chi connectivity index (χ4v) is 1.79. The Morgan fingerprint density at radius 1 is 0.947 bits per heavy atom. The Bertz CT molecular complexity index is 677. The summed E-state index contributed by atoms with van der Waals surface area (Å²) in [6, 6.07) is 17.4. The van der Waals surface area contributed by atoms with Gasteiger partial charge in [0.2, 0.25) is 0 Å². The highest BCUT2D eigenvalue weighted by molar-refractivity contribution is 5.57. The zero-order chi connectivity index (χ0) is 13.1. The van der Waals surface area contributed by atoms with Crippen molar-refractivity contribution in [3.05, 3.63) is 60.9 Å². The van der Waals surface area contributed by atoms with Gasteiger partial charge in [0.1, 0.15) is 17.8 Å². The van der Waals surface area contributed by atoms with E-state index in [9.17, 15) is 0 Å². The zero-order valence-corrected chi connectivity index (χ0v) is 10.5. The van der Waals surface area contributed by atoms with Gasteiger partial charge < -0.3 is 4.74 Å². The third kappa shape index (κ3) is 2.63. The van der Waals surface area contributed by atoms with Crippen molar-refractivity contribution in [1.82, 2.24) is 14.8 Å². The summed E-state index contributed by atoms with van der Waals surface area (Å²) in [6.07, 6.45) is 1.68. The van der Waals surface area contributed by atoms with Crippen molar-refractivity contribution in [2.45, 2.75) is 0 Å². The highest BCUT2D eigenvalue weighted by Gasteiger charge is 2.04. The lowest BCUT2D eigenvalue weighted by molar-refractivity contribution is 0.483. The van der Waals surface area contributed by atoms with Crippen LogP contribution in [-0.2, 0) is 7.05 Å². The summed E-state index contributed by atoms with van der Waals surface area (Å²) < 4.78 is 7.47. The smallest absolute Gasteiger partial charge is 0.181 e. The van der Waals surface area contributed by atoms with Crippen LogP contribution in [0.3, 0.4) is 0 Å². The van der Waals surface area contributed by atoms with E-state index in [0.717, 1.165) is 17.1 Å². The largest absolute Gasteiger partial charge is 0.457 e. The SMILES string of the molecule is Cn1cnc(-c2cccc(Oc3ccccc3)c2)n1. The lowest BCUT2D eigenvalue weighted by atomic mass is 10.2. The van der Waals surface area contributed by atoms with Gasteiger partial charge in [0.15, 0.2) is 5.82 Å². The number of hydrogen-bond acceptors (Lipinski definition) is 3. The van der Waals surface area contributed by atoms with Crippen LogP contribution in [0.5, 0.6) is 11.5 Å². The van der Waals surface area contributed by atoms with E-state index >= 15 is 0 Å². The molecule has 0 saturated heterocycles. The molecule has 0 unspecified atom stereocenters. The Morgan fingerprint density at radius 3 is 2.47 bits per heavy atom. The molecule has 1 heterocycles. The van der Waals surface area contributed by atoms with E-state index in [1.165, 1.54) is 0 Å². The Labute approximate surface area is 111 Å². The summed E-state index contributed by atoms with van der Waals surface area (Å²) >= 11 is 0. The predicted octanol–water partition coefficient (Wildman–Crippen LogP) is 3.27. The minimum atomic E-state index is 0.695. The third-order valence-electron chi connectivity index (χ3n) is 2.67. The first-order valence-corrected chi connectivity index (χ1v) is 6.00. The van der Waals surface area contributed by atoms with Crippen molar-refractivity contribution >= 4 is 0 Å². The standard InChI is InChI=1S/C15H13N3O/c1-18-11-16-15(17-18)12-6-5-9-14(10-12)19-13-7-3-2-4-8-13/h2-11H,1H3. The first kappa shape index (κ1) is 11.5. The van der Waals surface area contributed by atoms with Crippen molar-refractivity contribution in [3.8, 4) is 22.9 Å². The number of hydrogen-bond donors (Lipinski definition) is 0. The number of aromatic nitrogens is 3. The van der Waals surface area contributed by atoms with Gasteiger partial charge in [-0.3, -0.25) is 4.68 Å². The van der Waals surface area contributed by atoms with Crippen molar-refractivity contribution in [3.63, 3.8) is 0 Å². The van der Waals surface area contributed by atoms with E-state index in [4.69, 9.17) is 4.74 Å². The van der Waals surface area contributed by atoms with Gasteiger partial charge in [0.25, 0.3) is 0 Å². The molecule has 0 bridgehead atoms. The number of benzene rings is 2. The highest BCUT2D eigenvalue weighted by atomic mass is 16.5. The summed E-state index contributed by atoms with van der Waals surface area (Å²) in [7, 11) is 1.85. The van der Waals surface area contributed by atoms with E-state index < -0.39 is 0 Å². The average molecular weight is 251 g/mol. The molecule has 19 heavy (non-hydrogen) atoms. The maximum atomic E-state index is 5.78. The van der Waals surface area contributed by atoms with Gasteiger partial charge in [-0.15, -0.1) is 0 Å². The molecule has 3 aromatic rings. The molecule has 3 rings (SSSR count). The Kier molecular flexibility index (Phi) is 2.98. The quantitative estimate of drug-likeness (QED) is 0.717. The molecule has 2 aromatic carbocycles. The Morgan fingerprint density at radius 2 is 1.74 bits per heavy atom. The topological polar surface area (TPSA) is 39.9 Å². The molecular formula is C15H13N3O. The first-order chi connectivity index (χ1) is 9.31. The molecule has 0 aliphatic heterocycles. The van der Waals surface area contributed by atoms with Gasteiger partial charge in [-0.25, -0.2) is 4.98 Å². The minimum absolute atomic E-state index is 0.695. The number of aryl methyl sites for hydroxylation is 1. The van der Waals surface area contributed by atoms with Gasteiger partial charge in [-0.05, 0) is 24.3 Å². The number of para-hydroxylation sites is 1. The van der Waals surface area contributed by atoms with Crippen LogP contribution in [0.15, 0.2) is 60.9 Å². The maximum Gasteiger partial charge on any atom is 0.181 e. The summed E-state index contributed by atoms with van der Waals surface area (Å²) in [6.45, 7) is 0. The highest BCUT2D eigenvalue weighted by Crippen LogP contribution is 2.25. The molecule has 4 heteroatoms. The molecule has 0 N–H and O–H groups in total. The minimum Gasteiger partial charge on any atom is -0.457 e. The van der Waals surface area contributed by atoms with Gasteiger partial charge in [-0.1, -0.05) is 30.3 Å². The molecule has 0 spiro atoms. The molecule has 0 saturated carbocycles. The van der Waals surface area contributed by atoms with Gasteiger partial charge in [0, 0.05) is 12.6 Å². The van der Waals surface area contributed by atoms with E-state index in [2.05, 4.69) is 10.1 Å². The zero-order valence-electron chi connectivity index (χ0n) is 10.5. The van der Waals surface area contributed by atoms with Gasteiger partial charge >= 0.3 is 0 Å². The first-order valence-electron chi connectivity index (χ1n) is 6.00. The molecule has 94 valence electrons. The van der Waals surface area contributed by atoms with Crippen LogP contribution in [0.1, 0.15) is 0 Å². The molecular weight excluding hydrogens is 238 g/mol. The van der Waals surface area contributed by atoms with E-state index in [1.54, 1.807) is 11.0 Å². The molecule has 0 aliphatic carbocycles. The van der Waals surface area contributed by atoms with Crippen molar-refractivity contribution < 1.29 is 4.74 Å². The number of rotatable bonds is 3. The molecule has 0 atom stereocenters. The second kappa shape index (κ2) is 4.94. The molecule has 1 aromatic heterocycles. The van der Waals surface area contributed by atoms with Gasteiger partial charge in [0.05, 0.1) is 0 Å². The van der Waals surface area contributed by atoms with Crippen LogP contribution in [0.25, 0.3) is 11.4 Å². The fraction of sp³-hybridized carbons (Fsp3) is 0.0667. The number of nitrogens with zero attached hydrogens (tertiary/aromatic N) is 3. The van der Waals surface area contributed by atoms with E-state index in [-0.39, 0.29) is 0 Å². The normalized spacial score (nSPS) is 10.4. The molecule has 4 nitrogen and oxygen atoms in total. The molecule has 0 aliphatic rings. The van der Waals surface area contributed by atoms with Crippen LogP contribution in [0, 0.1) is 0 Å². The van der Waals surface area contributed by atoms with Crippen molar-refractivity contribution in [2.75, 3.05) is 0 Å². The van der Waals surface area contributed by atoms with Crippen molar-refractivity contribution in [1.29, 1.82) is 0 Å². The van der Waals surface area contributed by atoms with Gasteiger partial charge in [-0.2, -0.15) is 5.10 Å². The predicted molar refractivity (Wildman–Crippen MR) is 73.0 cm³/mol. The van der Waals surface area contributed by atoms with Crippen LogP contribution < -0.4 is 4.74 Å². The second-order valence-electron chi connectivity index (χ2n) is 4.18. The van der Waals surface area contributed by atoms with Crippen LogP contribution >= 0.6 is 0 Å². The number of ether oxygens (including phenoxy) is 1. The van der Waals surface area contributed by atoms with E-state index in [0.29, 0.717) is 5.82 Å². The van der Waals surface area contributed by atoms with Crippen LogP contribution in [0.2, 0.25) is 0 Å².